The molecule has 158 valence electrons. The Morgan fingerprint density at radius 1 is 0.906 bits per heavy atom. The van der Waals surface area contributed by atoms with Crippen molar-refractivity contribution in [2.75, 3.05) is 12.8 Å². The number of anilines is 1. The molecule has 3 rings (SSSR count). The molecule has 15 heteroatoms. The van der Waals surface area contributed by atoms with E-state index in [1.807, 2.05) is 0 Å². The summed E-state index contributed by atoms with van der Waals surface area (Å²) in [6.07, 6.45) is 0. The summed E-state index contributed by atoms with van der Waals surface area (Å²) in [5, 5.41) is 17.9. The number of nitrogen functional groups attached to an aromatic ring is 1. The summed E-state index contributed by atoms with van der Waals surface area (Å²) in [6.45, 7) is 0. The van der Waals surface area contributed by atoms with E-state index in [-0.39, 0.29) is 81.3 Å². The number of phenols is 1. The molecular formula is C17H13N3Na2O8S2. The number of nitrogens with two attached hydrogens (primary N) is 1. The van der Waals surface area contributed by atoms with Gasteiger partial charge in [0.25, 0.3) is 0 Å². The van der Waals surface area contributed by atoms with Crippen molar-refractivity contribution >= 4 is 48.1 Å². The molecule has 3 N–H and O–H groups in total. The van der Waals surface area contributed by atoms with Gasteiger partial charge in [0.05, 0.1) is 16.9 Å². The first-order valence-corrected chi connectivity index (χ1v) is 10.8. The SMILES string of the molecule is COc1ccc(N=Nc2c(S(=O)(=O)[O-])cc3cc(N)ccc3c2O)c(S(=O)(=O)[O-])c1.[Na+].[Na+]. The molecule has 3 aromatic rings. The average molecular weight is 497 g/mol. The Kier molecular flexibility index (Phi) is 9.69. The summed E-state index contributed by atoms with van der Waals surface area (Å²) in [6, 6.07) is 8.40. The number of hydrogen-bond acceptors (Lipinski definition) is 11. The molecule has 0 fully saturated rings. The van der Waals surface area contributed by atoms with E-state index >= 15 is 0 Å². The van der Waals surface area contributed by atoms with E-state index in [9.17, 15) is 31.0 Å². The molecule has 0 amide bonds. The minimum absolute atomic E-state index is 0. The summed E-state index contributed by atoms with van der Waals surface area (Å²) in [7, 11) is -8.86. The van der Waals surface area contributed by atoms with Crippen LogP contribution in [0.1, 0.15) is 0 Å². The second-order valence-corrected chi connectivity index (χ2v) is 8.69. The Morgan fingerprint density at radius 2 is 1.53 bits per heavy atom. The predicted octanol–water partition coefficient (Wildman–Crippen LogP) is -3.63. The molecule has 0 radical (unpaired) electrons. The van der Waals surface area contributed by atoms with Gasteiger partial charge < -0.3 is 24.7 Å². The molecule has 11 nitrogen and oxygen atoms in total. The van der Waals surface area contributed by atoms with Gasteiger partial charge in [0.15, 0.2) is 5.75 Å². The first kappa shape index (κ1) is 28.8. The molecule has 0 aliphatic heterocycles. The van der Waals surface area contributed by atoms with Crippen molar-refractivity contribution in [2.45, 2.75) is 9.79 Å². The minimum Gasteiger partial charge on any atom is -0.744 e. The van der Waals surface area contributed by atoms with E-state index < -0.39 is 47.2 Å². The summed E-state index contributed by atoms with van der Waals surface area (Å²) in [5.41, 5.74) is 4.73. The third-order valence-electron chi connectivity index (χ3n) is 4.04. The van der Waals surface area contributed by atoms with Crippen molar-refractivity contribution < 1.29 is 94.9 Å². The number of aromatic hydroxyl groups is 1. The minimum atomic E-state index is -5.12. The van der Waals surface area contributed by atoms with Gasteiger partial charge in [0.1, 0.15) is 37.4 Å². The van der Waals surface area contributed by atoms with Crippen LogP contribution in [0.25, 0.3) is 10.8 Å². The van der Waals surface area contributed by atoms with Gasteiger partial charge in [-0.15, -0.1) is 10.2 Å². The maximum Gasteiger partial charge on any atom is 1.00 e. The maximum absolute atomic E-state index is 11.7. The van der Waals surface area contributed by atoms with E-state index in [0.717, 1.165) is 18.2 Å². The molecule has 0 saturated carbocycles. The van der Waals surface area contributed by atoms with Gasteiger partial charge >= 0.3 is 59.1 Å². The number of fused-ring (bicyclic) bond motifs is 1. The third-order valence-corrected chi connectivity index (χ3v) is 5.75. The molecule has 0 heterocycles. The van der Waals surface area contributed by atoms with Gasteiger partial charge in [0.2, 0.25) is 0 Å². The van der Waals surface area contributed by atoms with Crippen LogP contribution in [-0.2, 0) is 20.2 Å². The van der Waals surface area contributed by atoms with E-state index in [4.69, 9.17) is 10.5 Å². The molecule has 0 aromatic heterocycles. The molecule has 32 heavy (non-hydrogen) atoms. The molecule has 0 aliphatic carbocycles. The Balaban J connectivity index is 0.00000256. The van der Waals surface area contributed by atoms with Gasteiger partial charge in [-0.1, -0.05) is 0 Å². The molecule has 3 aromatic carbocycles. The van der Waals surface area contributed by atoms with E-state index in [1.165, 1.54) is 31.4 Å². The first-order chi connectivity index (χ1) is 13.9. The average Bonchev–Trinajstić information content (AvgIpc) is 2.65. The molecule has 0 aliphatic rings. The van der Waals surface area contributed by atoms with Gasteiger partial charge in [-0.05, 0) is 47.9 Å². The van der Waals surface area contributed by atoms with Crippen LogP contribution in [0.3, 0.4) is 0 Å². The Morgan fingerprint density at radius 3 is 2.09 bits per heavy atom. The van der Waals surface area contributed by atoms with Crippen LogP contribution < -0.4 is 69.6 Å². The second kappa shape index (κ2) is 10.8. The molecule has 0 unspecified atom stereocenters. The van der Waals surface area contributed by atoms with Crippen LogP contribution in [0.4, 0.5) is 17.1 Å². The zero-order chi connectivity index (χ0) is 22.3. The number of nitrogens with zero attached hydrogens (tertiary/aromatic N) is 2. The Labute approximate surface area is 227 Å². The van der Waals surface area contributed by atoms with Crippen molar-refractivity contribution in [3.63, 3.8) is 0 Å². The Hall–Kier alpha value is -1.26. The molecule has 0 spiro atoms. The number of rotatable bonds is 5. The van der Waals surface area contributed by atoms with Gasteiger partial charge in [-0.25, -0.2) is 16.8 Å². The zero-order valence-corrected chi connectivity index (χ0v) is 22.8. The maximum atomic E-state index is 11.7. The zero-order valence-electron chi connectivity index (χ0n) is 17.1. The topological polar surface area (TPSA) is 195 Å². The van der Waals surface area contributed by atoms with Crippen molar-refractivity contribution in [1.82, 2.24) is 0 Å². The smallest absolute Gasteiger partial charge is 0.744 e. The largest absolute Gasteiger partial charge is 1.00 e. The predicted molar refractivity (Wildman–Crippen MR) is 103 cm³/mol. The first-order valence-electron chi connectivity index (χ1n) is 7.98. The summed E-state index contributed by atoms with van der Waals surface area (Å²) >= 11 is 0. The third kappa shape index (κ3) is 6.20. The number of azo groups is 1. The van der Waals surface area contributed by atoms with Crippen molar-refractivity contribution in [3.05, 3.63) is 42.5 Å². The fourth-order valence-electron chi connectivity index (χ4n) is 2.67. The van der Waals surface area contributed by atoms with Crippen LogP contribution in [0.5, 0.6) is 11.5 Å². The van der Waals surface area contributed by atoms with E-state index in [1.54, 1.807) is 0 Å². The van der Waals surface area contributed by atoms with Crippen molar-refractivity contribution in [1.29, 1.82) is 0 Å². The Bertz CT molecular complexity index is 1410. The molecule has 0 atom stereocenters. The molecule has 0 bridgehead atoms. The van der Waals surface area contributed by atoms with Crippen LogP contribution in [-0.4, -0.2) is 38.2 Å². The van der Waals surface area contributed by atoms with E-state index in [0.29, 0.717) is 0 Å². The van der Waals surface area contributed by atoms with Crippen LogP contribution >= 0.6 is 0 Å². The quantitative estimate of drug-likeness (QED) is 0.155. The summed E-state index contributed by atoms with van der Waals surface area (Å²) in [4.78, 5) is -1.69. The van der Waals surface area contributed by atoms with Crippen LogP contribution in [0, 0.1) is 0 Å². The van der Waals surface area contributed by atoms with Crippen LogP contribution in [0.15, 0.2) is 62.5 Å². The van der Waals surface area contributed by atoms with Gasteiger partial charge in [-0.2, -0.15) is 0 Å². The number of benzene rings is 3. The second-order valence-electron chi connectivity index (χ2n) is 5.99. The molecular weight excluding hydrogens is 484 g/mol. The number of ether oxygens (including phenoxy) is 1. The van der Waals surface area contributed by atoms with Crippen molar-refractivity contribution in [2.24, 2.45) is 10.2 Å². The normalized spacial score (nSPS) is 11.7. The van der Waals surface area contributed by atoms with Gasteiger partial charge in [0, 0.05) is 11.1 Å². The fraction of sp³-hybridized carbons (Fsp3) is 0.0588. The van der Waals surface area contributed by atoms with Crippen molar-refractivity contribution in [3.8, 4) is 11.5 Å². The van der Waals surface area contributed by atoms with Crippen LogP contribution in [0.2, 0.25) is 0 Å². The number of methoxy groups -OCH3 is 1. The fourth-order valence-corrected chi connectivity index (χ4v) is 3.94. The monoisotopic (exact) mass is 497 g/mol. The molecule has 0 saturated heterocycles. The number of phenolic OH excluding ortho intramolecular Hbond substituents is 1. The summed E-state index contributed by atoms with van der Waals surface area (Å²) < 4.78 is 74.5. The summed E-state index contributed by atoms with van der Waals surface area (Å²) in [5.74, 6) is -0.636. The number of hydrogen-bond donors (Lipinski definition) is 2. The van der Waals surface area contributed by atoms with Gasteiger partial charge in [-0.3, -0.25) is 0 Å². The standard InChI is InChI=1S/C17H15N3O8S2.2Na/c1-28-11-3-5-13(14(8-11)29(22,23)24)19-20-16-15(30(25,26)27)7-9-6-10(18)2-4-12(9)17(16)21;;/h2-8,21H,18H2,1H3,(H,22,23,24)(H,25,26,27);;/q;2*+1/p-2. The van der Waals surface area contributed by atoms with E-state index in [2.05, 4.69) is 10.2 Å².